The first kappa shape index (κ1) is 15.2. The molecule has 4 heteroatoms. The van der Waals surface area contributed by atoms with E-state index in [2.05, 4.69) is 11.8 Å². The van der Waals surface area contributed by atoms with Gasteiger partial charge in [-0.05, 0) is 6.42 Å². The maximum absolute atomic E-state index is 8.84. The zero-order chi connectivity index (χ0) is 10.2. The van der Waals surface area contributed by atoms with Gasteiger partial charge >= 0.3 is 0 Å². The van der Waals surface area contributed by atoms with Crippen LogP contribution in [0, 0.1) is 0 Å². The van der Waals surface area contributed by atoms with Gasteiger partial charge in [0.1, 0.15) is 0 Å². The van der Waals surface area contributed by atoms with Gasteiger partial charge in [-0.2, -0.15) is 0 Å². The molecule has 1 N–H and O–H groups in total. The van der Waals surface area contributed by atoms with Crippen LogP contribution in [0.2, 0.25) is 0 Å². The van der Waals surface area contributed by atoms with Crippen LogP contribution in [0.25, 0.3) is 0 Å². The molecular formula is C11H24ClNO2. The normalized spacial score (nSPS) is 22.4. The SMILES string of the molecule is CCCCCC1CN(CCO)CCO1.Cl. The molecular weight excluding hydrogens is 214 g/mol. The number of aliphatic hydroxyl groups is 1. The largest absolute Gasteiger partial charge is 0.395 e. The topological polar surface area (TPSA) is 32.7 Å². The minimum absolute atomic E-state index is 0. The number of rotatable bonds is 6. The lowest BCUT2D eigenvalue weighted by molar-refractivity contribution is -0.0365. The van der Waals surface area contributed by atoms with Crippen LogP contribution in [0.4, 0.5) is 0 Å². The second kappa shape index (κ2) is 9.40. The monoisotopic (exact) mass is 237 g/mol. The van der Waals surface area contributed by atoms with E-state index in [0.29, 0.717) is 6.10 Å². The molecule has 1 rings (SSSR count). The summed E-state index contributed by atoms with van der Waals surface area (Å²) in [6.45, 7) is 6.10. The van der Waals surface area contributed by atoms with Crippen molar-refractivity contribution in [2.45, 2.75) is 38.7 Å². The second-order valence-corrected chi connectivity index (χ2v) is 4.01. The first-order valence-electron chi connectivity index (χ1n) is 5.81. The van der Waals surface area contributed by atoms with Gasteiger partial charge in [0.05, 0.1) is 19.3 Å². The van der Waals surface area contributed by atoms with Crippen LogP contribution in [0.15, 0.2) is 0 Å². The van der Waals surface area contributed by atoms with Gasteiger partial charge in [-0.1, -0.05) is 26.2 Å². The van der Waals surface area contributed by atoms with Gasteiger partial charge in [-0.15, -0.1) is 12.4 Å². The number of ether oxygens (including phenoxy) is 1. The molecule has 1 aliphatic heterocycles. The predicted octanol–water partition coefficient (Wildman–Crippen LogP) is 1.68. The van der Waals surface area contributed by atoms with Gasteiger partial charge in [0.2, 0.25) is 0 Å². The van der Waals surface area contributed by atoms with E-state index in [4.69, 9.17) is 9.84 Å². The number of halogens is 1. The van der Waals surface area contributed by atoms with Gasteiger partial charge in [0, 0.05) is 19.6 Å². The Balaban J connectivity index is 0.00000196. The summed E-state index contributed by atoms with van der Waals surface area (Å²) < 4.78 is 5.68. The summed E-state index contributed by atoms with van der Waals surface area (Å²) in [4.78, 5) is 2.29. The van der Waals surface area contributed by atoms with E-state index in [1.54, 1.807) is 0 Å². The van der Waals surface area contributed by atoms with Crippen molar-refractivity contribution in [3.63, 3.8) is 0 Å². The van der Waals surface area contributed by atoms with Crippen LogP contribution >= 0.6 is 12.4 Å². The summed E-state index contributed by atoms with van der Waals surface area (Å²) in [5, 5.41) is 8.84. The van der Waals surface area contributed by atoms with Gasteiger partial charge in [-0.3, -0.25) is 4.90 Å². The second-order valence-electron chi connectivity index (χ2n) is 4.01. The lowest BCUT2D eigenvalue weighted by Crippen LogP contribution is -2.43. The molecule has 0 aliphatic carbocycles. The molecule has 0 saturated carbocycles. The minimum atomic E-state index is 0. The molecule has 0 spiro atoms. The molecule has 1 fully saturated rings. The highest BCUT2D eigenvalue weighted by atomic mass is 35.5. The smallest absolute Gasteiger partial charge is 0.0702 e. The van der Waals surface area contributed by atoms with Crippen molar-refractivity contribution in [1.29, 1.82) is 0 Å². The van der Waals surface area contributed by atoms with E-state index in [1.165, 1.54) is 25.7 Å². The standard InChI is InChI=1S/C11H23NO2.ClH/c1-2-3-4-5-11-10-12(6-8-13)7-9-14-11;/h11,13H,2-10H2,1H3;1H. The molecule has 1 atom stereocenters. The molecule has 1 unspecified atom stereocenters. The van der Waals surface area contributed by atoms with Crippen molar-refractivity contribution >= 4 is 12.4 Å². The van der Waals surface area contributed by atoms with E-state index in [0.717, 1.165) is 26.2 Å². The predicted molar refractivity (Wildman–Crippen MR) is 64.7 cm³/mol. The fraction of sp³-hybridized carbons (Fsp3) is 1.00. The van der Waals surface area contributed by atoms with Crippen LogP contribution in [0.3, 0.4) is 0 Å². The Morgan fingerprint density at radius 2 is 2.20 bits per heavy atom. The zero-order valence-corrected chi connectivity index (χ0v) is 10.5. The van der Waals surface area contributed by atoms with E-state index in [-0.39, 0.29) is 19.0 Å². The molecule has 3 nitrogen and oxygen atoms in total. The highest BCUT2D eigenvalue weighted by Crippen LogP contribution is 2.12. The fourth-order valence-electron chi connectivity index (χ4n) is 1.92. The van der Waals surface area contributed by atoms with Gasteiger partial charge in [-0.25, -0.2) is 0 Å². The molecule has 1 saturated heterocycles. The summed E-state index contributed by atoms with van der Waals surface area (Å²) >= 11 is 0. The first-order chi connectivity index (χ1) is 6.86. The van der Waals surface area contributed by atoms with E-state index in [9.17, 15) is 0 Å². The number of morpholine rings is 1. The molecule has 15 heavy (non-hydrogen) atoms. The van der Waals surface area contributed by atoms with Crippen LogP contribution in [-0.4, -0.2) is 49.0 Å². The Morgan fingerprint density at radius 1 is 1.40 bits per heavy atom. The fourth-order valence-corrected chi connectivity index (χ4v) is 1.92. The molecule has 0 aromatic rings. The molecule has 0 amide bonds. The van der Waals surface area contributed by atoms with E-state index in [1.807, 2.05) is 0 Å². The van der Waals surface area contributed by atoms with Gasteiger partial charge < -0.3 is 9.84 Å². The van der Waals surface area contributed by atoms with Crippen molar-refractivity contribution < 1.29 is 9.84 Å². The Bertz CT molecular complexity index is 145. The third-order valence-electron chi connectivity index (χ3n) is 2.77. The quantitative estimate of drug-likeness (QED) is 0.714. The maximum atomic E-state index is 8.84. The maximum Gasteiger partial charge on any atom is 0.0702 e. The third kappa shape index (κ3) is 6.36. The highest BCUT2D eigenvalue weighted by Gasteiger charge is 2.18. The van der Waals surface area contributed by atoms with E-state index < -0.39 is 0 Å². The molecule has 92 valence electrons. The van der Waals surface area contributed by atoms with Crippen molar-refractivity contribution in [2.24, 2.45) is 0 Å². The Kier molecular flexibility index (Phi) is 9.51. The number of nitrogens with zero attached hydrogens (tertiary/aromatic N) is 1. The lowest BCUT2D eigenvalue weighted by Gasteiger charge is -2.32. The zero-order valence-electron chi connectivity index (χ0n) is 9.65. The molecule has 0 aromatic carbocycles. The highest BCUT2D eigenvalue weighted by molar-refractivity contribution is 5.85. The van der Waals surface area contributed by atoms with Crippen molar-refractivity contribution in [1.82, 2.24) is 4.90 Å². The van der Waals surface area contributed by atoms with Crippen molar-refractivity contribution in [3.8, 4) is 0 Å². The number of unbranched alkanes of at least 4 members (excludes halogenated alkanes) is 2. The Hall–Kier alpha value is 0.170. The molecule has 1 heterocycles. The average molecular weight is 238 g/mol. The number of aliphatic hydroxyl groups excluding tert-OH is 1. The first-order valence-corrected chi connectivity index (χ1v) is 5.81. The average Bonchev–Trinajstić information content (AvgIpc) is 2.19. The van der Waals surface area contributed by atoms with Crippen LogP contribution in [0.1, 0.15) is 32.6 Å². The number of hydrogen-bond acceptors (Lipinski definition) is 3. The number of β-amino-alcohol motifs (C(OH)–C–C–N with tert-alkyl or cyclic N) is 1. The summed E-state index contributed by atoms with van der Waals surface area (Å²) in [7, 11) is 0. The van der Waals surface area contributed by atoms with E-state index >= 15 is 0 Å². The summed E-state index contributed by atoms with van der Waals surface area (Å²) in [5.41, 5.74) is 0. The van der Waals surface area contributed by atoms with Crippen LogP contribution in [-0.2, 0) is 4.74 Å². The van der Waals surface area contributed by atoms with Crippen LogP contribution < -0.4 is 0 Å². The summed E-state index contributed by atoms with van der Waals surface area (Å²) in [6.07, 6.45) is 5.43. The summed E-state index contributed by atoms with van der Waals surface area (Å²) in [5.74, 6) is 0. The summed E-state index contributed by atoms with van der Waals surface area (Å²) in [6, 6.07) is 0. The van der Waals surface area contributed by atoms with Gasteiger partial charge in [0.25, 0.3) is 0 Å². The molecule has 1 aliphatic rings. The van der Waals surface area contributed by atoms with Crippen LogP contribution in [0.5, 0.6) is 0 Å². The van der Waals surface area contributed by atoms with Crippen molar-refractivity contribution in [2.75, 3.05) is 32.8 Å². The molecule has 0 radical (unpaired) electrons. The third-order valence-corrected chi connectivity index (χ3v) is 2.77. The Morgan fingerprint density at radius 3 is 2.87 bits per heavy atom. The minimum Gasteiger partial charge on any atom is -0.395 e. The molecule has 0 aromatic heterocycles. The molecule has 0 bridgehead atoms. The Labute approximate surface area is 99.2 Å². The number of hydrogen-bond donors (Lipinski definition) is 1. The van der Waals surface area contributed by atoms with Crippen molar-refractivity contribution in [3.05, 3.63) is 0 Å². The van der Waals surface area contributed by atoms with Gasteiger partial charge in [0.15, 0.2) is 0 Å². The lowest BCUT2D eigenvalue weighted by atomic mass is 10.1.